The van der Waals surface area contributed by atoms with Gasteiger partial charge in [-0.25, -0.2) is 0 Å². The van der Waals surface area contributed by atoms with Gasteiger partial charge in [0, 0.05) is 6.61 Å². The molecule has 0 aromatic heterocycles. The molecule has 0 spiro atoms. The quantitative estimate of drug-likeness (QED) is 0.0914. The van der Waals surface area contributed by atoms with Gasteiger partial charge in [-0.2, -0.15) is 0 Å². The Hall–Kier alpha value is -2.62. The molecule has 0 aliphatic heterocycles. The van der Waals surface area contributed by atoms with Gasteiger partial charge in [0.05, 0.1) is 79.3 Å². The van der Waals surface area contributed by atoms with E-state index in [2.05, 4.69) is 43.3 Å². The summed E-state index contributed by atoms with van der Waals surface area (Å²) in [6.45, 7) is 9.30. The topological polar surface area (TPSA) is 64.6 Å². The van der Waals surface area contributed by atoms with E-state index in [0.717, 1.165) is 36.1 Å². The minimum absolute atomic E-state index is 0.430. The Morgan fingerprint density at radius 3 is 0.976 bits per heavy atom. The molecule has 3 aromatic carbocycles. The molecular weight excluding hydrogens is 532 g/mol. The second-order valence-electron chi connectivity index (χ2n) is 9.66. The first-order chi connectivity index (χ1) is 20.9. The lowest BCUT2D eigenvalue weighted by Crippen LogP contribution is -2.34. The fraction of sp³-hybridized carbons (Fsp3) is 0.486. The molecule has 0 radical (unpaired) electrons. The molecule has 0 saturated heterocycles. The van der Waals surface area contributed by atoms with Crippen molar-refractivity contribution in [1.29, 1.82) is 0 Å². The molecule has 7 heteroatoms. The van der Waals surface area contributed by atoms with Crippen molar-refractivity contribution in [2.24, 2.45) is 0 Å². The number of ether oxygens (including phenoxy) is 7. The van der Waals surface area contributed by atoms with Crippen LogP contribution in [0.5, 0.6) is 0 Å². The molecule has 42 heavy (non-hydrogen) atoms. The number of hydrogen-bond donors (Lipinski definition) is 0. The first-order valence-corrected chi connectivity index (χ1v) is 15.1. The highest BCUT2D eigenvalue weighted by atomic mass is 16.6. The second-order valence-corrected chi connectivity index (χ2v) is 9.66. The molecule has 0 fully saturated rings. The van der Waals surface area contributed by atoms with Crippen LogP contribution in [-0.4, -0.2) is 85.9 Å². The van der Waals surface area contributed by atoms with Crippen LogP contribution in [0.15, 0.2) is 91.0 Å². The van der Waals surface area contributed by atoms with Crippen LogP contribution in [-0.2, 0) is 38.8 Å². The van der Waals surface area contributed by atoms with Crippen LogP contribution in [0.3, 0.4) is 0 Å². The van der Waals surface area contributed by atoms with Gasteiger partial charge < -0.3 is 33.2 Å². The van der Waals surface area contributed by atoms with Crippen molar-refractivity contribution in [3.8, 4) is 0 Å². The van der Waals surface area contributed by atoms with Crippen molar-refractivity contribution >= 4 is 0 Å². The summed E-state index contributed by atoms with van der Waals surface area (Å²) in [4.78, 5) is 0. The van der Waals surface area contributed by atoms with Crippen LogP contribution in [0.1, 0.15) is 36.5 Å². The van der Waals surface area contributed by atoms with E-state index in [9.17, 15) is 0 Å². The van der Waals surface area contributed by atoms with Gasteiger partial charge >= 0.3 is 0 Å². The predicted octanol–water partition coefficient (Wildman–Crippen LogP) is 5.89. The third-order valence-corrected chi connectivity index (χ3v) is 6.59. The highest BCUT2D eigenvalue weighted by molar-refractivity contribution is 5.47. The maximum absolute atomic E-state index is 6.71. The summed E-state index contributed by atoms with van der Waals surface area (Å²) >= 11 is 0. The minimum Gasteiger partial charge on any atom is -0.379 e. The molecule has 7 nitrogen and oxygen atoms in total. The zero-order valence-electron chi connectivity index (χ0n) is 25.1. The SMILES string of the molecule is CCCCOCCOCCOCCOCCOCCOCCOC(c1ccccc1)(c1ccccc1)c1ccccc1. The Kier molecular flexibility index (Phi) is 17.7. The fourth-order valence-electron chi connectivity index (χ4n) is 4.47. The molecular formula is C35H48O7. The third kappa shape index (κ3) is 12.3. The van der Waals surface area contributed by atoms with E-state index in [4.69, 9.17) is 33.2 Å². The average molecular weight is 581 g/mol. The van der Waals surface area contributed by atoms with E-state index in [1.165, 1.54) is 0 Å². The van der Waals surface area contributed by atoms with E-state index in [-0.39, 0.29) is 0 Å². The molecule has 0 heterocycles. The summed E-state index contributed by atoms with van der Waals surface area (Å²) in [5.41, 5.74) is 2.49. The number of unbranched alkanes of at least 4 members (excludes halogenated alkanes) is 1. The van der Waals surface area contributed by atoms with Gasteiger partial charge in [0.25, 0.3) is 0 Å². The Labute approximate surface area is 252 Å². The Morgan fingerprint density at radius 2 is 0.667 bits per heavy atom. The Morgan fingerprint density at radius 1 is 0.381 bits per heavy atom. The molecule has 3 rings (SSSR count). The largest absolute Gasteiger partial charge is 0.379 e. The lowest BCUT2D eigenvalue weighted by Gasteiger charge is -2.36. The molecule has 0 unspecified atom stereocenters. The van der Waals surface area contributed by atoms with Crippen molar-refractivity contribution in [1.82, 2.24) is 0 Å². The van der Waals surface area contributed by atoms with Gasteiger partial charge in [0.1, 0.15) is 5.60 Å². The smallest absolute Gasteiger partial charge is 0.143 e. The zero-order chi connectivity index (χ0) is 29.4. The Balaban J connectivity index is 1.26. The summed E-state index contributed by atoms with van der Waals surface area (Å²) in [6, 6.07) is 31.1. The van der Waals surface area contributed by atoms with E-state index >= 15 is 0 Å². The maximum Gasteiger partial charge on any atom is 0.143 e. The predicted molar refractivity (Wildman–Crippen MR) is 165 cm³/mol. The summed E-state index contributed by atoms with van der Waals surface area (Å²) in [5.74, 6) is 0. The molecule has 0 atom stereocenters. The number of benzene rings is 3. The number of rotatable bonds is 25. The summed E-state index contributed by atoms with van der Waals surface area (Å²) < 4.78 is 40.1. The van der Waals surface area contributed by atoms with Gasteiger partial charge in [-0.3, -0.25) is 0 Å². The molecule has 3 aromatic rings. The summed E-state index contributed by atoms with van der Waals surface area (Å²) in [7, 11) is 0. The van der Waals surface area contributed by atoms with E-state index < -0.39 is 5.60 Å². The van der Waals surface area contributed by atoms with Gasteiger partial charge in [0.15, 0.2) is 0 Å². The molecule has 0 aliphatic rings. The van der Waals surface area contributed by atoms with E-state index in [0.29, 0.717) is 79.3 Å². The second kappa shape index (κ2) is 22.0. The first-order valence-electron chi connectivity index (χ1n) is 15.1. The van der Waals surface area contributed by atoms with Crippen LogP contribution >= 0.6 is 0 Å². The summed E-state index contributed by atoms with van der Waals surface area (Å²) in [6.07, 6.45) is 2.24. The number of hydrogen-bond acceptors (Lipinski definition) is 7. The maximum atomic E-state index is 6.71. The average Bonchev–Trinajstić information content (AvgIpc) is 3.05. The summed E-state index contributed by atoms with van der Waals surface area (Å²) in [5, 5.41) is 0. The van der Waals surface area contributed by atoms with Gasteiger partial charge in [-0.05, 0) is 23.1 Å². The van der Waals surface area contributed by atoms with Crippen molar-refractivity contribution in [3.63, 3.8) is 0 Å². The van der Waals surface area contributed by atoms with Crippen LogP contribution in [0.4, 0.5) is 0 Å². The lowest BCUT2D eigenvalue weighted by atomic mass is 9.80. The highest BCUT2D eigenvalue weighted by Crippen LogP contribution is 2.40. The van der Waals surface area contributed by atoms with E-state index in [1.807, 2.05) is 54.6 Å². The lowest BCUT2D eigenvalue weighted by molar-refractivity contribution is -0.0395. The van der Waals surface area contributed by atoms with Crippen LogP contribution in [0, 0.1) is 0 Å². The Bertz CT molecular complexity index is 921. The normalized spacial score (nSPS) is 11.6. The third-order valence-electron chi connectivity index (χ3n) is 6.59. The van der Waals surface area contributed by atoms with Crippen molar-refractivity contribution < 1.29 is 33.2 Å². The zero-order valence-corrected chi connectivity index (χ0v) is 25.1. The van der Waals surface area contributed by atoms with Gasteiger partial charge in [-0.15, -0.1) is 0 Å². The minimum atomic E-state index is -0.736. The molecule has 0 saturated carbocycles. The van der Waals surface area contributed by atoms with Gasteiger partial charge in [0.2, 0.25) is 0 Å². The van der Waals surface area contributed by atoms with Crippen molar-refractivity contribution in [3.05, 3.63) is 108 Å². The van der Waals surface area contributed by atoms with E-state index in [1.54, 1.807) is 0 Å². The molecule has 0 amide bonds. The van der Waals surface area contributed by atoms with Gasteiger partial charge in [-0.1, -0.05) is 104 Å². The first kappa shape index (κ1) is 33.9. The van der Waals surface area contributed by atoms with Crippen molar-refractivity contribution in [2.45, 2.75) is 25.4 Å². The highest BCUT2D eigenvalue weighted by Gasteiger charge is 2.37. The van der Waals surface area contributed by atoms with Crippen LogP contribution in [0.25, 0.3) is 0 Å². The monoisotopic (exact) mass is 580 g/mol. The molecule has 230 valence electrons. The molecule has 0 N–H and O–H groups in total. The fourth-order valence-corrected chi connectivity index (χ4v) is 4.47. The molecule has 0 bridgehead atoms. The van der Waals surface area contributed by atoms with Crippen LogP contribution in [0.2, 0.25) is 0 Å². The molecule has 0 aliphatic carbocycles. The van der Waals surface area contributed by atoms with Crippen molar-refractivity contribution in [2.75, 3.05) is 85.9 Å². The standard InChI is InChI=1S/C35H48O7/c1-2-3-19-36-20-21-37-22-23-38-24-25-39-26-27-40-28-29-41-30-31-42-35(32-13-7-4-8-14-32,33-15-9-5-10-16-33)34-17-11-6-12-18-34/h4-18H,2-3,19-31H2,1H3. The van der Waals surface area contributed by atoms with Crippen LogP contribution < -0.4 is 0 Å².